The summed E-state index contributed by atoms with van der Waals surface area (Å²) in [5.74, 6) is 0.147. The number of aliphatic hydroxyl groups excluding tert-OH is 1. The van der Waals surface area contributed by atoms with Crippen LogP contribution in [0.3, 0.4) is 0 Å². The van der Waals surface area contributed by atoms with Gasteiger partial charge in [-0.3, -0.25) is 14.4 Å². The maximum Gasteiger partial charge on any atom is 0.270 e. The molecule has 1 aromatic carbocycles. The first kappa shape index (κ1) is 31.3. The summed E-state index contributed by atoms with van der Waals surface area (Å²) in [6.45, 7) is 12.2. The second kappa shape index (κ2) is 13.5. The molecule has 228 valence electrons. The normalized spacial score (nSPS) is 22.6. The Hall–Kier alpha value is -2.69. The SMILES string of the molecule is CCOCC(CC(C)C)NC(=O)C1CNC[C@H](C(=O)N(c2ccc3c(c2)N(CCCO)C(=O)C(C)(C)O3)C2CC2)C1. The van der Waals surface area contributed by atoms with E-state index in [0.717, 1.165) is 24.9 Å². The molecule has 41 heavy (non-hydrogen) atoms. The lowest BCUT2D eigenvalue weighted by Gasteiger charge is -2.39. The third-order valence-electron chi connectivity index (χ3n) is 8.02. The van der Waals surface area contributed by atoms with Crippen molar-refractivity contribution in [2.45, 2.75) is 84.4 Å². The molecule has 3 atom stereocenters. The van der Waals surface area contributed by atoms with Gasteiger partial charge in [-0.05, 0) is 77.0 Å². The molecule has 2 unspecified atom stereocenters. The van der Waals surface area contributed by atoms with E-state index in [0.29, 0.717) is 63.0 Å². The van der Waals surface area contributed by atoms with E-state index in [-0.39, 0.29) is 48.2 Å². The Morgan fingerprint density at radius 2 is 1.98 bits per heavy atom. The molecule has 10 nitrogen and oxygen atoms in total. The molecule has 1 aliphatic carbocycles. The molecule has 0 aromatic heterocycles. The number of hydrogen-bond donors (Lipinski definition) is 3. The van der Waals surface area contributed by atoms with Crippen LogP contribution >= 0.6 is 0 Å². The molecule has 2 aliphatic heterocycles. The minimum Gasteiger partial charge on any atom is -0.476 e. The summed E-state index contributed by atoms with van der Waals surface area (Å²) in [6.07, 6.45) is 3.58. The molecule has 3 amide bonds. The number of benzene rings is 1. The summed E-state index contributed by atoms with van der Waals surface area (Å²) in [7, 11) is 0. The predicted molar refractivity (Wildman–Crippen MR) is 158 cm³/mol. The van der Waals surface area contributed by atoms with Crippen LogP contribution in [0.4, 0.5) is 11.4 Å². The number of aliphatic hydroxyl groups is 1. The maximum atomic E-state index is 14.0. The van der Waals surface area contributed by atoms with Crippen molar-refractivity contribution in [2.24, 2.45) is 17.8 Å². The van der Waals surface area contributed by atoms with Gasteiger partial charge in [0.2, 0.25) is 11.8 Å². The van der Waals surface area contributed by atoms with Crippen LogP contribution in [0.5, 0.6) is 5.75 Å². The van der Waals surface area contributed by atoms with Crippen molar-refractivity contribution in [3.05, 3.63) is 18.2 Å². The van der Waals surface area contributed by atoms with Crippen molar-refractivity contribution < 1.29 is 29.0 Å². The number of amides is 3. The molecular formula is C31H48N4O6. The molecule has 0 radical (unpaired) electrons. The van der Waals surface area contributed by atoms with Gasteiger partial charge in [-0.15, -0.1) is 0 Å². The smallest absolute Gasteiger partial charge is 0.270 e. The molecule has 2 fully saturated rings. The summed E-state index contributed by atoms with van der Waals surface area (Å²) >= 11 is 0. The van der Waals surface area contributed by atoms with Crippen LogP contribution in [0, 0.1) is 17.8 Å². The van der Waals surface area contributed by atoms with Gasteiger partial charge >= 0.3 is 0 Å². The van der Waals surface area contributed by atoms with E-state index in [9.17, 15) is 19.5 Å². The number of fused-ring (bicyclic) bond motifs is 1. The van der Waals surface area contributed by atoms with Crippen LogP contribution in [0.1, 0.15) is 66.7 Å². The van der Waals surface area contributed by atoms with Crippen molar-refractivity contribution in [3.8, 4) is 5.75 Å². The zero-order valence-electron chi connectivity index (χ0n) is 25.3. The minimum absolute atomic E-state index is 0.00390. The fourth-order valence-electron chi connectivity index (χ4n) is 5.85. The van der Waals surface area contributed by atoms with E-state index in [2.05, 4.69) is 24.5 Å². The second-order valence-corrected chi connectivity index (χ2v) is 12.5. The molecule has 3 N–H and O–H groups in total. The Balaban J connectivity index is 1.51. The highest BCUT2D eigenvalue weighted by atomic mass is 16.5. The van der Waals surface area contributed by atoms with Gasteiger partial charge in [0, 0.05) is 44.6 Å². The van der Waals surface area contributed by atoms with Crippen LogP contribution < -0.4 is 25.2 Å². The number of carbonyl (C=O) groups is 3. The van der Waals surface area contributed by atoms with Crippen LogP contribution in [-0.2, 0) is 19.1 Å². The molecule has 1 aromatic rings. The number of ether oxygens (including phenoxy) is 2. The third kappa shape index (κ3) is 7.59. The highest BCUT2D eigenvalue weighted by Crippen LogP contribution is 2.43. The monoisotopic (exact) mass is 572 g/mol. The Bertz CT molecular complexity index is 1090. The Labute approximate surface area is 244 Å². The number of hydrogen-bond acceptors (Lipinski definition) is 7. The number of nitrogens with zero attached hydrogens (tertiary/aromatic N) is 2. The summed E-state index contributed by atoms with van der Waals surface area (Å²) in [4.78, 5) is 44.0. The standard InChI is InChI=1S/C31H48N4O6/c1-6-40-19-23(14-20(2)3)33-28(37)21-15-22(18-32-17-21)29(38)35(24-8-9-24)25-10-11-27-26(16-25)34(12-7-13-36)30(39)31(4,5)41-27/h10-11,16,20-24,32,36H,6-9,12-15,17-19H2,1-5H3,(H,33,37)/t21?,22-,23?/m1/s1. The van der Waals surface area contributed by atoms with Gasteiger partial charge in [0.25, 0.3) is 5.91 Å². The van der Waals surface area contributed by atoms with Gasteiger partial charge in [-0.1, -0.05) is 13.8 Å². The highest BCUT2D eigenvalue weighted by molar-refractivity contribution is 6.04. The molecule has 1 saturated carbocycles. The van der Waals surface area contributed by atoms with E-state index in [1.165, 1.54) is 0 Å². The van der Waals surface area contributed by atoms with E-state index >= 15 is 0 Å². The number of carbonyl (C=O) groups excluding carboxylic acids is 3. The van der Waals surface area contributed by atoms with Crippen molar-refractivity contribution in [2.75, 3.05) is 49.3 Å². The van der Waals surface area contributed by atoms with Gasteiger partial charge in [0.15, 0.2) is 5.60 Å². The van der Waals surface area contributed by atoms with Gasteiger partial charge in [-0.25, -0.2) is 0 Å². The van der Waals surface area contributed by atoms with Crippen LogP contribution in [0.2, 0.25) is 0 Å². The van der Waals surface area contributed by atoms with Crippen molar-refractivity contribution >= 4 is 29.1 Å². The lowest BCUT2D eigenvalue weighted by molar-refractivity contribution is -0.132. The zero-order chi connectivity index (χ0) is 29.7. The van der Waals surface area contributed by atoms with E-state index in [1.807, 2.05) is 30.0 Å². The van der Waals surface area contributed by atoms with E-state index < -0.39 is 5.60 Å². The van der Waals surface area contributed by atoms with E-state index in [4.69, 9.17) is 9.47 Å². The Kier molecular flexibility index (Phi) is 10.3. The molecule has 0 spiro atoms. The van der Waals surface area contributed by atoms with Crippen LogP contribution in [0.15, 0.2) is 18.2 Å². The lowest BCUT2D eigenvalue weighted by atomic mass is 9.88. The number of anilines is 2. The topological polar surface area (TPSA) is 120 Å². The lowest BCUT2D eigenvalue weighted by Crippen LogP contribution is -2.53. The molecule has 10 heteroatoms. The van der Waals surface area contributed by atoms with Gasteiger partial charge < -0.3 is 35.0 Å². The summed E-state index contributed by atoms with van der Waals surface area (Å²) in [5.41, 5.74) is 0.320. The fraction of sp³-hybridized carbons (Fsp3) is 0.710. The molecule has 0 bridgehead atoms. The number of rotatable bonds is 13. The van der Waals surface area contributed by atoms with E-state index in [1.54, 1.807) is 18.7 Å². The van der Waals surface area contributed by atoms with Gasteiger partial charge in [0.1, 0.15) is 5.75 Å². The molecule has 1 saturated heterocycles. The Morgan fingerprint density at radius 3 is 2.63 bits per heavy atom. The molecule has 3 aliphatic rings. The van der Waals surface area contributed by atoms with Crippen molar-refractivity contribution in [3.63, 3.8) is 0 Å². The van der Waals surface area contributed by atoms with Crippen molar-refractivity contribution in [1.82, 2.24) is 10.6 Å². The molecule has 2 heterocycles. The first-order chi connectivity index (χ1) is 19.6. The summed E-state index contributed by atoms with van der Waals surface area (Å²) < 4.78 is 11.6. The molecular weight excluding hydrogens is 524 g/mol. The second-order valence-electron chi connectivity index (χ2n) is 12.5. The summed E-state index contributed by atoms with van der Waals surface area (Å²) in [5, 5.41) is 15.9. The Morgan fingerprint density at radius 1 is 1.24 bits per heavy atom. The average Bonchev–Trinajstić information content (AvgIpc) is 3.77. The fourth-order valence-corrected chi connectivity index (χ4v) is 5.85. The molecule has 4 rings (SSSR count). The third-order valence-corrected chi connectivity index (χ3v) is 8.02. The highest BCUT2D eigenvalue weighted by Gasteiger charge is 2.43. The van der Waals surface area contributed by atoms with Crippen molar-refractivity contribution in [1.29, 1.82) is 0 Å². The summed E-state index contributed by atoms with van der Waals surface area (Å²) in [6, 6.07) is 5.62. The first-order valence-electron chi connectivity index (χ1n) is 15.2. The number of piperidine rings is 1. The van der Waals surface area contributed by atoms with Crippen LogP contribution in [0.25, 0.3) is 0 Å². The van der Waals surface area contributed by atoms with Gasteiger partial charge in [-0.2, -0.15) is 0 Å². The quantitative estimate of drug-likeness (QED) is 0.333. The van der Waals surface area contributed by atoms with Gasteiger partial charge in [0.05, 0.1) is 30.2 Å². The first-order valence-corrected chi connectivity index (χ1v) is 15.2. The largest absolute Gasteiger partial charge is 0.476 e. The maximum absolute atomic E-state index is 14.0. The van der Waals surface area contributed by atoms with Crippen LogP contribution in [-0.4, -0.2) is 80.0 Å². The predicted octanol–water partition coefficient (Wildman–Crippen LogP) is 2.86. The minimum atomic E-state index is -1.02. The average molecular weight is 573 g/mol. The number of nitrogens with one attached hydrogen (secondary N) is 2. The zero-order valence-corrected chi connectivity index (χ0v) is 25.3.